The zero-order chi connectivity index (χ0) is 13.1. The van der Waals surface area contributed by atoms with Crippen LogP contribution in [0.15, 0.2) is 46.2 Å². The van der Waals surface area contributed by atoms with Crippen LogP contribution in [-0.4, -0.2) is 12.2 Å². The Morgan fingerprint density at radius 3 is 2.44 bits per heavy atom. The summed E-state index contributed by atoms with van der Waals surface area (Å²) in [5, 5.41) is 9.65. The van der Waals surface area contributed by atoms with Crippen molar-refractivity contribution in [3.05, 3.63) is 42.0 Å². The minimum Gasteiger partial charge on any atom is -0.506 e. The second-order valence-electron chi connectivity index (χ2n) is 3.98. The highest BCUT2D eigenvalue weighted by Crippen LogP contribution is 2.39. The molecule has 18 heavy (non-hydrogen) atoms. The molecule has 0 bridgehead atoms. The molecule has 0 aromatic heterocycles. The van der Waals surface area contributed by atoms with Gasteiger partial charge in [0.05, 0.1) is 17.7 Å². The summed E-state index contributed by atoms with van der Waals surface area (Å²) in [5.74, 6) is 0.737. The van der Waals surface area contributed by atoms with Crippen molar-refractivity contribution in [2.24, 2.45) is 0 Å². The Balaban J connectivity index is 2.33. The van der Waals surface area contributed by atoms with E-state index < -0.39 is 0 Å². The Bertz CT molecular complexity index is 552. The van der Waals surface area contributed by atoms with E-state index in [9.17, 15) is 5.11 Å². The predicted molar refractivity (Wildman–Crippen MR) is 74.4 cm³/mol. The van der Waals surface area contributed by atoms with Crippen LogP contribution in [0.3, 0.4) is 0 Å². The van der Waals surface area contributed by atoms with Crippen LogP contribution < -0.4 is 10.5 Å². The SMILES string of the molecule is COc1cc(N)c(O)cc1Sc1ccc(C)cc1. The van der Waals surface area contributed by atoms with Crippen LogP contribution >= 0.6 is 11.8 Å². The maximum atomic E-state index is 9.65. The van der Waals surface area contributed by atoms with Crippen molar-refractivity contribution in [1.29, 1.82) is 0 Å². The van der Waals surface area contributed by atoms with Crippen molar-refractivity contribution in [3.8, 4) is 11.5 Å². The van der Waals surface area contributed by atoms with Crippen molar-refractivity contribution < 1.29 is 9.84 Å². The van der Waals surface area contributed by atoms with E-state index in [0.29, 0.717) is 11.4 Å². The Hall–Kier alpha value is -1.81. The molecule has 3 N–H and O–H groups in total. The molecule has 0 saturated heterocycles. The third kappa shape index (κ3) is 2.71. The molecule has 0 saturated carbocycles. The normalized spacial score (nSPS) is 10.3. The van der Waals surface area contributed by atoms with Gasteiger partial charge in [-0.2, -0.15) is 0 Å². The topological polar surface area (TPSA) is 55.5 Å². The minimum atomic E-state index is 0.0745. The fraction of sp³-hybridized carbons (Fsp3) is 0.143. The van der Waals surface area contributed by atoms with E-state index in [4.69, 9.17) is 10.5 Å². The molecule has 94 valence electrons. The fourth-order valence-electron chi connectivity index (χ4n) is 1.54. The predicted octanol–water partition coefficient (Wildman–Crippen LogP) is 3.44. The van der Waals surface area contributed by atoms with E-state index >= 15 is 0 Å². The molecule has 0 aliphatic heterocycles. The molecule has 2 aromatic rings. The molecule has 0 atom stereocenters. The third-order valence-electron chi connectivity index (χ3n) is 2.56. The lowest BCUT2D eigenvalue weighted by molar-refractivity contribution is 0.402. The largest absolute Gasteiger partial charge is 0.506 e. The van der Waals surface area contributed by atoms with Gasteiger partial charge in [-0.1, -0.05) is 29.5 Å². The summed E-state index contributed by atoms with van der Waals surface area (Å²) in [5.41, 5.74) is 7.17. The summed E-state index contributed by atoms with van der Waals surface area (Å²) in [7, 11) is 1.59. The summed E-state index contributed by atoms with van der Waals surface area (Å²) >= 11 is 1.53. The van der Waals surface area contributed by atoms with E-state index in [1.54, 1.807) is 19.2 Å². The number of nitrogens with two attached hydrogens (primary N) is 1. The monoisotopic (exact) mass is 261 g/mol. The van der Waals surface area contributed by atoms with Crippen LogP contribution in [0, 0.1) is 6.92 Å². The van der Waals surface area contributed by atoms with E-state index in [2.05, 4.69) is 0 Å². The standard InChI is InChI=1S/C14H15NO2S/c1-9-3-5-10(6-4-9)18-14-8-12(16)11(15)7-13(14)17-2/h3-8,16H,15H2,1-2H3. The van der Waals surface area contributed by atoms with Crippen molar-refractivity contribution in [2.45, 2.75) is 16.7 Å². The Morgan fingerprint density at radius 2 is 1.83 bits per heavy atom. The molecule has 0 spiro atoms. The number of hydrogen-bond acceptors (Lipinski definition) is 4. The molecule has 4 heteroatoms. The zero-order valence-electron chi connectivity index (χ0n) is 10.3. The van der Waals surface area contributed by atoms with Crippen molar-refractivity contribution in [3.63, 3.8) is 0 Å². The summed E-state index contributed by atoms with van der Waals surface area (Å²) in [6, 6.07) is 11.4. The first kappa shape index (κ1) is 12.6. The van der Waals surface area contributed by atoms with Gasteiger partial charge < -0.3 is 15.6 Å². The summed E-state index contributed by atoms with van der Waals surface area (Å²) in [6.45, 7) is 2.05. The summed E-state index contributed by atoms with van der Waals surface area (Å²) in [6.07, 6.45) is 0. The van der Waals surface area contributed by atoms with Gasteiger partial charge in [0.15, 0.2) is 0 Å². The quantitative estimate of drug-likeness (QED) is 0.656. The van der Waals surface area contributed by atoms with Gasteiger partial charge in [-0.3, -0.25) is 0 Å². The lowest BCUT2D eigenvalue weighted by atomic mass is 10.2. The van der Waals surface area contributed by atoms with Crippen molar-refractivity contribution >= 4 is 17.4 Å². The highest BCUT2D eigenvalue weighted by molar-refractivity contribution is 7.99. The number of benzene rings is 2. The molecule has 3 nitrogen and oxygen atoms in total. The number of aromatic hydroxyl groups is 1. The highest BCUT2D eigenvalue weighted by Gasteiger charge is 2.09. The molecule has 0 amide bonds. The van der Waals surface area contributed by atoms with Crippen LogP contribution in [0.25, 0.3) is 0 Å². The molecule has 2 rings (SSSR count). The number of rotatable bonds is 3. The lowest BCUT2D eigenvalue weighted by Gasteiger charge is -2.10. The average molecular weight is 261 g/mol. The first-order valence-electron chi connectivity index (χ1n) is 5.51. The van der Waals surface area contributed by atoms with E-state index in [1.807, 2.05) is 31.2 Å². The molecular weight excluding hydrogens is 246 g/mol. The molecule has 0 aliphatic rings. The van der Waals surface area contributed by atoms with Crippen LogP contribution in [0.1, 0.15) is 5.56 Å². The van der Waals surface area contributed by atoms with E-state index in [-0.39, 0.29) is 5.75 Å². The number of ether oxygens (including phenoxy) is 1. The van der Waals surface area contributed by atoms with E-state index in [0.717, 1.165) is 9.79 Å². The van der Waals surface area contributed by atoms with Crippen molar-refractivity contribution in [2.75, 3.05) is 12.8 Å². The number of phenolic OH excluding ortho intramolecular Hbond substituents is 1. The maximum Gasteiger partial charge on any atom is 0.139 e. The Morgan fingerprint density at radius 1 is 1.17 bits per heavy atom. The van der Waals surface area contributed by atoms with Gasteiger partial charge in [-0.15, -0.1) is 0 Å². The van der Waals surface area contributed by atoms with Gasteiger partial charge in [-0.25, -0.2) is 0 Å². The Labute approximate surface area is 111 Å². The number of hydrogen-bond donors (Lipinski definition) is 2. The molecule has 0 unspecified atom stereocenters. The average Bonchev–Trinajstić information content (AvgIpc) is 2.36. The first-order valence-corrected chi connectivity index (χ1v) is 6.33. The van der Waals surface area contributed by atoms with Gasteiger partial charge in [0.2, 0.25) is 0 Å². The fourth-order valence-corrected chi connectivity index (χ4v) is 2.48. The minimum absolute atomic E-state index is 0.0745. The smallest absolute Gasteiger partial charge is 0.139 e. The summed E-state index contributed by atoms with van der Waals surface area (Å²) < 4.78 is 5.27. The Kier molecular flexibility index (Phi) is 3.67. The zero-order valence-corrected chi connectivity index (χ0v) is 11.1. The number of anilines is 1. The van der Waals surface area contributed by atoms with Crippen LogP contribution in [-0.2, 0) is 0 Å². The second-order valence-corrected chi connectivity index (χ2v) is 5.09. The molecule has 0 fully saturated rings. The van der Waals surface area contributed by atoms with Gasteiger partial charge >= 0.3 is 0 Å². The molecule has 0 aliphatic carbocycles. The number of nitrogen functional groups attached to an aromatic ring is 1. The lowest BCUT2D eigenvalue weighted by Crippen LogP contribution is -1.91. The second kappa shape index (κ2) is 5.23. The highest BCUT2D eigenvalue weighted by atomic mass is 32.2. The van der Waals surface area contributed by atoms with Gasteiger partial charge in [0.25, 0.3) is 0 Å². The molecule has 0 radical (unpaired) electrons. The molecule has 0 heterocycles. The first-order chi connectivity index (χ1) is 8.60. The van der Waals surface area contributed by atoms with Crippen LogP contribution in [0.4, 0.5) is 5.69 Å². The third-order valence-corrected chi connectivity index (χ3v) is 3.61. The van der Waals surface area contributed by atoms with Crippen molar-refractivity contribution in [1.82, 2.24) is 0 Å². The van der Waals surface area contributed by atoms with Gasteiger partial charge in [0.1, 0.15) is 11.5 Å². The number of methoxy groups -OCH3 is 1. The van der Waals surface area contributed by atoms with Crippen LogP contribution in [0.2, 0.25) is 0 Å². The number of aryl methyl sites for hydroxylation is 1. The van der Waals surface area contributed by atoms with E-state index in [1.165, 1.54) is 17.3 Å². The van der Waals surface area contributed by atoms with Crippen LogP contribution in [0.5, 0.6) is 11.5 Å². The summed E-state index contributed by atoms with van der Waals surface area (Å²) in [4.78, 5) is 1.93. The molecule has 2 aromatic carbocycles. The molecular formula is C14H15NO2S. The van der Waals surface area contributed by atoms with Gasteiger partial charge in [-0.05, 0) is 25.1 Å². The number of phenols is 1. The maximum absolute atomic E-state index is 9.65. The van der Waals surface area contributed by atoms with Gasteiger partial charge in [0, 0.05) is 11.0 Å².